The van der Waals surface area contributed by atoms with E-state index < -0.39 is 0 Å². The Morgan fingerprint density at radius 2 is 2.00 bits per heavy atom. The summed E-state index contributed by atoms with van der Waals surface area (Å²) in [5, 5.41) is 0. The number of likely N-dealkylation sites (N-methyl/N-ethyl adjacent to an activating group) is 1. The lowest BCUT2D eigenvalue weighted by Crippen LogP contribution is -2.73. The first-order valence-corrected chi connectivity index (χ1v) is 7.32. The molecule has 0 heterocycles. The van der Waals surface area contributed by atoms with Crippen molar-refractivity contribution in [2.75, 3.05) is 26.7 Å². The molecule has 0 bridgehead atoms. The Bertz CT molecular complexity index is 265. The molecule has 1 saturated carbocycles. The van der Waals surface area contributed by atoms with Gasteiger partial charge in [-0.25, -0.2) is 0 Å². The largest absolute Gasteiger partial charge is 0.378 e. The minimum atomic E-state index is -0.0986. The molecule has 3 nitrogen and oxygen atoms in total. The fourth-order valence-electron chi connectivity index (χ4n) is 2.81. The van der Waals surface area contributed by atoms with Crippen LogP contribution in [0.25, 0.3) is 0 Å². The van der Waals surface area contributed by atoms with Gasteiger partial charge in [0.15, 0.2) is 0 Å². The van der Waals surface area contributed by atoms with E-state index in [4.69, 9.17) is 10.5 Å². The zero-order valence-electron chi connectivity index (χ0n) is 13.1. The third-order valence-electron chi connectivity index (χ3n) is 4.65. The average Bonchev–Trinajstić information content (AvgIpc) is 2.26. The highest BCUT2D eigenvalue weighted by Gasteiger charge is 2.58. The van der Waals surface area contributed by atoms with Crippen LogP contribution in [0.5, 0.6) is 0 Å². The first-order valence-electron chi connectivity index (χ1n) is 7.32. The quantitative estimate of drug-likeness (QED) is 0.760. The van der Waals surface area contributed by atoms with Crippen LogP contribution in [0.4, 0.5) is 0 Å². The monoisotopic (exact) mass is 256 g/mol. The lowest BCUT2D eigenvalue weighted by Gasteiger charge is -2.60. The maximum Gasteiger partial charge on any atom is 0.0662 e. The third-order valence-corrected chi connectivity index (χ3v) is 4.65. The molecule has 1 fully saturated rings. The SMILES string of the molecule is CCOC1CC(N)(CN(C)CCC(C)C)C1(C)C. The fourth-order valence-corrected chi connectivity index (χ4v) is 2.81. The van der Waals surface area contributed by atoms with E-state index in [9.17, 15) is 0 Å². The Kier molecular flexibility index (Phi) is 5.22. The van der Waals surface area contributed by atoms with Crippen LogP contribution in [-0.2, 0) is 4.74 Å². The Morgan fingerprint density at radius 3 is 2.44 bits per heavy atom. The van der Waals surface area contributed by atoms with E-state index in [1.807, 2.05) is 0 Å². The zero-order valence-corrected chi connectivity index (χ0v) is 13.1. The van der Waals surface area contributed by atoms with Gasteiger partial charge in [0.05, 0.1) is 6.10 Å². The van der Waals surface area contributed by atoms with E-state index in [2.05, 4.69) is 46.6 Å². The van der Waals surface area contributed by atoms with Crippen molar-refractivity contribution in [2.24, 2.45) is 17.1 Å². The van der Waals surface area contributed by atoms with Crippen LogP contribution in [0.15, 0.2) is 0 Å². The number of hydrogen-bond donors (Lipinski definition) is 1. The van der Waals surface area contributed by atoms with Crippen molar-refractivity contribution >= 4 is 0 Å². The first kappa shape index (κ1) is 15.9. The highest BCUT2D eigenvalue weighted by molar-refractivity contribution is 5.14. The zero-order chi connectivity index (χ0) is 14.0. The van der Waals surface area contributed by atoms with E-state index in [-0.39, 0.29) is 11.0 Å². The Morgan fingerprint density at radius 1 is 1.39 bits per heavy atom. The number of ether oxygens (including phenoxy) is 1. The van der Waals surface area contributed by atoms with Gasteiger partial charge >= 0.3 is 0 Å². The van der Waals surface area contributed by atoms with Crippen LogP contribution in [0.3, 0.4) is 0 Å². The van der Waals surface area contributed by atoms with Crippen molar-refractivity contribution in [3.05, 3.63) is 0 Å². The summed E-state index contributed by atoms with van der Waals surface area (Å²) in [6, 6.07) is 0. The fraction of sp³-hybridized carbons (Fsp3) is 1.00. The van der Waals surface area contributed by atoms with Crippen LogP contribution >= 0.6 is 0 Å². The molecule has 1 rings (SSSR count). The second kappa shape index (κ2) is 5.89. The second-order valence-electron chi connectivity index (χ2n) is 6.95. The Hall–Kier alpha value is -0.120. The summed E-state index contributed by atoms with van der Waals surface area (Å²) >= 11 is 0. The maximum absolute atomic E-state index is 6.59. The lowest BCUT2D eigenvalue weighted by molar-refractivity contribution is -0.155. The normalized spacial score (nSPS) is 30.8. The Labute approximate surface area is 113 Å². The van der Waals surface area contributed by atoms with Crippen molar-refractivity contribution in [3.8, 4) is 0 Å². The molecule has 0 radical (unpaired) electrons. The summed E-state index contributed by atoms with van der Waals surface area (Å²) in [7, 11) is 2.18. The molecule has 0 aromatic carbocycles. The standard InChI is InChI=1S/C15H32N2O/c1-7-18-13-10-15(16,14(13,4)5)11-17(6)9-8-12(2)3/h12-13H,7-11,16H2,1-6H3. The van der Waals surface area contributed by atoms with Gasteiger partial charge in [-0.1, -0.05) is 27.7 Å². The van der Waals surface area contributed by atoms with Gasteiger partial charge in [-0.3, -0.25) is 0 Å². The molecule has 0 amide bonds. The van der Waals surface area contributed by atoms with Gasteiger partial charge in [0, 0.05) is 24.1 Å². The molecular formula is C15H32N2O. The molecule has 0 spiro atoms. The summed E-state index contributed by atoms with van der Waals surface area (Å²) in [4.78, 5) is 2.38. The number of nitrogens with two attached hydrogens (primary N) is 1. The second-order valence-corrected chi connectivity index (χ2v) is 6.95. The minimum Gasteiger partial charge on any atom is -0.378 e. The molecule has 0 aromatic heterocycles. The van der Waals surface area contributed by atoms with Gasteiger partial charge in [-0.2, -0.15) is 0 Å². The Balaban J connectivity index is 2.47. The first-order chi connectivity index (χ1) is 8.23. The van der Waals surface area contributed by atoms with Crippen molar-refractivity contribution in [2.45, 2.75) is 59.1 Å². The van der Waals surface area contributed by atoms with Gasteiger partial charge in [0.1, 0.15) is 0 Å². The van der Waals surface area contributed by atoms with E-state index in [0.29, 0.717) is 6.10 Å². The molecule has 0 saturated heterocycles. The predicted octanol–water partition coefficient (Wildman–Crippen LogP) is 2.50. The number of hydrogen-bond acceptors (Lipinski definition) is 3. The van der Waals surface area contributed by atoms with E-state index in [0.717, 1.165) is 32.0 Å². The highest BCUT2D eigenvalue weighted by atomic mass is 16.5. The number of nitrogens with zero attached hydrogens (tertiary/aromatic N) is 1. The molecule has 2 atom stereocenters. The highest BCUT2D eigenvalue weighted by Crippen LogP contribution is 2.49. The maximum atomic E-state index is 6.59. The predicted molar refractivity (Wildman–Crippen MR) is 77.7 cm³/mol. The van der Waals surface area contributed by atoms with Crippen molar-refractivity contribution in [1.29, 1.82) is 0 Å². The van der Waals surface area contributed by atoms with Crippen LogP contribution in [0.1, 0.15) is 47.5 Å². The third kappa shape index (κ3) is 3.25. The molecule has 2 N–H and O–H groups in total. The molecular weight excluding hydrogens is 224 g/mol. The molecule has 2 unspecified atom stereocenters. The summed E-state index contributed by atoms with van der Waals surface area (Å²) in [6.45, 7) is 14.0. The summed E-state index contributed by atoms with van der Waals surface area (Å²) < 4.78 is 5.77. The van der Waals surface area contributed by atoms with E-state index >= 15 is 0 Å². The summed E-state index contributed by atoms with van der Waals surface area (Å²) in [6.07, 6.45) is 2.55. The lowest BCUT2D eigenvalue weighted by atomic mass is 9.54. The molecule has 0 aliphatic heterocycles. The van der Waals surface area contributed by atoms with Crippen molar-refractivity contribution < 1.29 is 4.74 Å². The van der Waals surface area contributed by atoms with E-state index in [1.165, 1.54) is 6.42 Å². The van der Waals surface area contributed by atoms with Gasteiger partial charge in [-0.05, 0) is 39.3 Å². The summed E-state index contributed by atoms with van der Waals surface area (Å²) in [5.41, 5.74) is 6.57. The van der Waals surface area contributed by atoms with Gasteiger partial charge < -0.3 is 15.4 Å². The van der Waals surface area contributed by atoms with E-state index in [1.54, 1.807) is 0 Å². The molecule has 0 aromatic rings. The van der Waals surface area contributed by atoms with Crippen LogP contribution in [-0.4, -0.2) is 43.3 Å². The molecule has 1 aliphatic carbocycles. The van der Waals surface area contributed by atoms with Gasteiger partial charge in [-0.15, -0.1) is 0 Å². The topological polar surface area (TPSA) is 38.5 Å². The van der Waals surface area contributed by atoms with Crippen molar-refractivity contribution in [3.63, 3.8) is 0 Å². The minimum absolute atomic E-state index is 0.0785. The molecule has 1 aliphatic rings. The number of rotatable bonds is 7. The average molecular weight is 256 g/mol. The molecule has 3 heteroatoms. The van der Waals surface area contributed by atoms with Crippen molar-refractivity contribution in [1.82, 2.24) is 4.90 Å². The molecule has 18 heavy (non-hydrogen) atoms. The smallest absolute Gasteiger partial charge is 0.0662 e. The summed E-state index contributed by atoms with van der Waals surface area (Å²) in [5.74, 6) is 0.756. The van der Waals surface area contributed by atoms with Crippen LogP contribution in [0.2, 0.25) is 0 Å². The van der Waals surface area contributed by atoms with Crippen LogP contribution < -0.4 is 5.73 Å². The van der Waals surface area contributed by atoms with Gasteiger partial charge in [0.25, 0.3) is 0 Å². The molecule has 108 valence electrons. The van der Waals surface area contributed by atoms with Gasteiger partial charge in [0.2, 0.25) is 0 Å². The van der Waals surface area contributed by atoms with Crippen LogP contribution in [0, 0.1) is 11.3 Å².